The van der Waals surface area contributed by atoms with Gasteiger partial charge >= 0.3 is 5.97 Å². The first-order valence-electron chi connectivity index (χ1n) is 4.87. The van der Waals surface area contributed by atoms with E-state index in [2.05, 4.69) is 9.97 Å². The summed E-state index contributed by atoms with van der Waals surface area (Å²) >= 11 is 0. The Hall–Kier alpha value is -2.17. The van der Waals surface area contributed by atoms with E-state index in [1.54, 1.807) is 25.3 Å². The van der Waals surface area contributed by atoms with Crippen LogP contribution in [0.5, 0.6) is 0 Å². The minimum atomic E-state index is -0.508. The topological polar surface area (TPSA) is 72.1 Å². The zero-order chi connectivity index (χ0) is 11.5. The number of hydrogen-bond acceptors (Lipinski definition) is 4. The number of pyridine rings is 2. The lowest BCUT2D eigenvalue weighted by atomic mass is 10.1. The normalized spacial score (nSPS) is 10.3. The fourth-order valence-corrected chi connectivity index (χ4v) is 1.46. The third-order valence-corrected chi connectivity index (χ3v) is 2.11. The predicted molar refractivity (Wildman–Crippen MR) is 58.3 cm³/mol. The van der Waals surface area contributed by atoms with Gasteiger partial charge in [0.1, 0.15) is 5.65 Å². The number of nitrogens with one attached hydrogen (secondary N) is 1. The van der Waals surface area contributed by atoms with Gasteiger partial charge in [0.15, 0.2) is 0 Å². The van der Waals surface area contributed by atoms with Crippen LogP contribution in [0.4, 0.5) is 0 Å². The molecule has 0 atom stereocenters. The van der Waals surface area contributed by atoms with Crippen LogP contribution < -0.4 is 5.56 Å². The van der Waals surface area contributed by atoms with Crippen LogP contribution >= 0.6 is 0 Å². The fourth-order valence-electron chi connectivity index (χ4n) is 1.46. The van der Waals surface area contributed by atoms with Crippen LogP contribution in [0.2, 0.25) is 0 Å². The third-order valence-electron chi connectivity index (χ3n) is 2.11. The minimum Gasteiger partial charge on any atom is -0.462 e. The molecule has 5 heteroatoms. The van der Waals surface area contributed by atoms with Gasteiger partial charge in [-0.15, -0.1) is 0 Å². The first kappa shape index (κ1) is 10.4. The molecule has 0 radical (unpaired) electrons. The van der Waals surface area contributed by atoms with Gasteiger partial charge in [0.05, 0.1) is 12.2 Å². The molecular formula is C11H10N2O3. The molecule has 0 saturated carbocycles. The van der Waals surface area contributed by atoms with E-state index in [1.807, 2.05) is 0 Å². The quantitative estimate of drug-likeness (QED) is 0.766. The molecule has 0 aliphatic carbocycles. The predicted octanol–water partition coefficient (Wildman–Crippen LogP) is 1.10. The zero-order valence-electron chi connectivity index (χ0n) is 8.69. The second kappa shape index (κ2) is 4.14. The van der Waals surface area contributed by atoms with E-state index >= 15 is 0 Å². The van der Waals surface area contributed by atoms with Crippen molar-refractivity contribution in [1.29, 1.82) is 0 Å². The summed E-state index contributed by atoms with van der Waals surface area (Å²) < 4.78 is 4.87. The maximum atomic E-state index is 11.6. The molecule has 0 aromatic carbocycles. The molecule has 0 aliphatic rings. The number of aromatic nitrogens is 2. The smallest absolute Gasteiger partial charge is 0.339 e. The Morgan fingerprint density at radius 2 is 2.38 bits per heavy atom. The Balaban J connectivity index is 2.68. The number of rotatable bonds is 2. The highest BCUT2D eigenvalue weighted by Gasteiger charge is 2.12. The summed E-state index contributed by atoms with van der Waals surface area (Å²) in [6.45, 7) is 1.99. The van der Waals surface area contributed by atoms with Gasteiger partial charge in [-0.1, -0.05) is 0 Å². The fraction of sp³-hybridized carbons (Fsp3) is 0.182. The summed E-state index contributed by atoms with van der Waals surface area (Å²) in [7, 11) is 0. The summed E-state index contributed by atoms with van der Waals surface area (Å²) in [6, 6.07) is 4.63. The molecule has 0 unspecified atom stereocenters. The molecule has 2 rings (SSSR count). The van der Waals surface area contributed by atoms with Crippen molar-refractivity contribution in [2.75, 3.05) is 6.61 Å². The van der Waals surface area contributed by atoms with Crippen molar-refractivity contribution in [3.05, 3.63) is 40.3 Å². The average Bonchev–Trinajstić information content (AvgIpc) is 2.28. The van der Waals surface area contributed by atoms with E-state index in [1.165, 1.54) is 6.07 Å². The molecule has 0 spiro atoms. The van der Waals surface area contributed by atoms with Crippen LogP contribution in [-0.2, 0) is 4.74 Å². The van der Waals surface area contributed by atoms with Gasteiger partial charge in [0, 0.05) is 17.6 Å². The number of hydrogen-bond donors (Lipinski definition) is 1. The summed E-state index contributed by atoms with van der Waals surface area (Å²) in [6.07, 6.45) is 1.55. The van der Waals surface area contributed by atoms with Crippen molar-refractivity contribution in [1.82, 2.24) is 9.97 Å². The Morgan fingerprint density at radius 3 is 3.12 bits per heavy atom. The lowest BCUT2D eigenvalue weighted by molar-refractivity contribution is 0.0528. The molecule has 2 aromatic heterocycles. The number of esters is 1. The van der Waals surface area contributed by atoms with Crippen LogP contribution in [0, 0.1) is 0 Å². The number of fused-ring (bicyclic) bond motifs is 1. The molecule has 1 N–H and O–H groups in total. The van der Waals surface area contributed by atoms with Gasteiger partial charge in [0.25, 0.3) is 0 Å². The maximum absolute atomic E-state index is 11.6. The summed E-state index contributed by atoms with van der Waals surface area (Å²) in [5.41, 5.74) is 0.265. The van der Waals surface area contributed by atoms with E-state index in [9.17, 15) is 9.59 Å². The maximum Gasteiger partial charge on any atom is 0.339 e. The Morgan fingerprint density at radius 1 is 1.56 bits per heavy atom. The number of H-pyrrole nitrogens is 1. The number of aromatic amines is 1. The average molecular weight is 218 g/mol. The van der Waals surface area contributed by atoms with E-state index < -0.39 is 5.97 Å². The SMILES string of the molecule is CCOC(=O)c1cc(=O)[nH]c2ncccc12. The second-order valence-corrected chi connectivity index (χ2v) is 3.17. The third kappa shape index (κ3) is 1.79. The zero-order valence-corrected chi connectivity index (χ0v) is 8.69. The second-order valence-electron chi connectivity index (χ2n) is 3.17. The van der Waals surface area contributed by atoms with Crippen molar-refractivity contribution in [2.24, 2.45) is 0 Å². The van der Waals surface area contributed by atoms with Gasteiger partial charge in [-0.2, -0.15) is 0 Å². The lowest BCUT2D eigenvalue weighted by Gasteiger charge is -2.04. The van der Waals surface area contributed by atoms with Crippen molar-refractivity contribution in [3.63, 3.8) is 0 Å². The molecule has 5 nitrogen and oxygen atoms in total. The van der Waals surface area contributed by atoms with Gasteiger partial charge in [0.2, 0.25) is 5.56 Å². The molecule has 0 fully saturated rings. The molecule has 0 bridgehead atoms. The van der Waals surface area contributed by atoms with Crippen LogP contribution in [0.15, 0.2) is 29.2 Å². The van der Waals surface area contributed by atoms with Crippen molar-refractivity contribution >= 4 is 17.0 Å². The van der Waals surface area contributed by atoms with Gasteiger partial charge in [-0.3, -0.25) is 4.79 Å². The van der Waals surface area contributed by atoms with Crippen molar-refractivity contribution in [3.8, 4) is 0 Å². The molecule has 0 amide bonds. The number of nitrogens with zero attached hydrogens (tertiary/aromatic N) is 1. The van der Waals surface area contributed by atoms with E-state index in [4.69, 9.17) is 4.74 Å². The summed E-state index contributed by atoms with van der Waals surface area (Å²) in [4.78, 5) is 29.5. The molecule has 0 aliphatic heterocycles. The molecule has 2 heterocycles. The highest BCUT2D eigenvalue weighted by Crippen LogP contribution is 2.13. The molecule has 82 valence electrons. The van der Waals surface area contributed by atoms with E-state index in [0.717, 1.165) is 0 Å². The molecular weight excluding hydrogens is 208 g/mol. The van der Waals surface area contributed by atoms with Gasteiger partial charge in [-0.25, -0.2) is 9.78 Å². The van der Waals surface area contributed by atoms with Crippen LogP contribution in [0.1, 0.15) is 17.3 Å². The van der Waals surface area contributed by atoms with E-state index in [0.29, 0.717) is 11.0 Å². The molecule has 16 heavy (non-hydrogen) atoms. The van der Waals surface area contributed by atoms with Gasteiger partial charge < -0.3 is 9.72 Å². The van der Waals surface area contributed by atoms with Crippen molar-refractivity contribution < 1.29 is 9.53 Å². The van der Waals surface area contributed by atoms with Gasteiger partial charge in [-0.05, 0) is 19.1 Å². The lowest BCUT2D eigenvalue weighted by Crippen LogP contribution is -2.13. The monoisotopic (exact) mass is 218 g/mol. The molecule has 0 saturated heterocycles. The Labute approximate surface area is 91.1 Å². The number of ether oxygens (including phenoxy) is 1. The van der Waals surface area contributed by atoms with Crippen molar-refractivity contribution in [2.45, 2.75) is 6.92 Å². The number of carbonyl (C=O) groups excluding carboxylic acids is 1. The summed E-state index contributed by atoms with van der Waals surface area (Å²) in [5.74, 6) is -0.508. The highest BCUT2D eigenvalue weighted by molar-refractivity contribution is 6.02. The van der Waals surface area contributed by atoms with Crippen LogP contribution in [-0.4, -0.2) is 22.5 Å². The minimum absolute atomic E-state index is 0.244. The van der Waals surface area contributed by atoms with E-state index in [-0.39, 0.29) is 17.7 Å². The Kier molecular flexibility index (Phi) is 2.68. The standard InChI is InChI=1S/C11H10N2O3/c1-2-16-11(15)8-6-9(14)13-10-7(8)4-3-5-12-10/h3-6H,2H2,1H3,(H,12,13,14). The number of carbonyl (C=O) groups is 1. The summed E-state index contributed by atoms with van der Waals surface area (Å²) in [5, 5.41) is 0.584. The Bertz CT molecular complexity index is 589. The largest absolute Gasteiger partial charge is 0.462 e. The highest BCUT2D eigenvalue weighted by atomic mass is 16.5. The first-order chi connectivity index (χ1) is 7.72. The van der Waals surface area contributed by atoms with Crippen LogP contribution in [0.25, 0.3) is 11.0 Å². The first-order valence-corrected chi connectivity index (χ1v) is 4.87. The molecule has 2 aromatic rings. The van der Waals surface area contributed by atoms with Crippen LogP contribution in [0.3, 0.4) is 0 Å².